The number of rotatable bonds is 1. The summed E-state index contributed by atoms with van der Waals surface area (Å²) in [6, 6.07) is 0. The molecular weight excluding hydrogens is 252 g/mol. The van der Waals surface area contributed by atoms with Crippen molar-refractivity contribution in [2.75, 3.05) is 0 Å². The van der Waals surface area contributed by atoms with E-state index in [2.05, 4.69) is 10.3 Å². The number of hydrogen-bond acceptors (Lipinski definition) is 2. The van der Waals surface area contributed by atoms with Crippen LogP contribution in [0.5, 0.6) is 0 Å². The van der Waals surface area contributed by atoms with Crippen LogP contribution in [0, 0.1) is 11.8 Å². The minimum Gasteiger partial charge on any atom is -0.325 e. The lowest BCUT2D eigenvalue weighted by molar-refractivity contribution is -0.120. The molecule has 0 fully saturated rings. The van der Waals surface area contributed by atoms with E-state index in [1.54, 1.807) is 0 Å². The number of aliphatic imine (C=N–C) groups is 1. The van der Waals surface area contributed by atoms with Gasteiger partial charge in [-0.15, -0.1) is 0 Å². The Morgan fingerprint density at radius 3 is 2.95 bits per heavy atom. The number of hydrogen-bond donors (Lipinski definition) is 1. The maximum absolute atomic E-state index is 12.0. The van der Waals surface area contributed by atoms with E-state index in [0.29, 0.717) is 5.71 Å². The zero-order chi connectivity index (χ0) is 14.3. The van der Waals surface area contributed by atoms with E-state index in [0.717, 1.165) is 30.5 Å². The minimum absolute atomic E-state index is 0.0184. The zero-order valence-electron chi connectivity index (χ0n) is 11.8. The van der Waals surface area contributed by atoms with E-state index in [1.807, 2.05) is 32.1 Å². The van der Waals surface area contributed by atoms with Crippen LogP contribution in [-0.2, 0) is 9.59 Å². The van der Waals surface area contributed by atoms with Crippen molar-refractivity contribution in [2.45, 2.75) is 33.1 Å². The van der Waals surface area contributed by atoms with Crippen molar-refractivity contribution in [3.8, 4) is 0 Å². The number of allylic oxidation sites excluding steroid dienone is 3. The predicted octanol–water partition coefficient (Wildman–Crippen LogP) is 2.29. The maximum Gasteiger partial charge on any atom is 0.251 e. The molecule has 3 rings (SSSR count). The molecule has 1 heterocycles. The van der Waals surface area contributed by atoms with Crippen LogP contribution in [0.25, 0.3) is 0 Å². The second-order valence-corrected chi connectivity index (χ2v) is 5.78. The summed E-state index contributed by atoms with van der Waals surface area (Å²) in [5, 5.41) is 2.94. The van der Waals surface area contributed by atoms with Gasteiger partial charge in [-0.05, 0) is 37.0 Å². The Balaban J connectivity index is 1.92. The van der Waals surface area contributed by atoms with Crippen molar-refractivity contribution in [1.82, 2.24) is 5.32 Å². The largest absolute Gasteiger partial charge is 0.325 e. The Morgan fingerprint density at radius 2 is 2.20 bits per heavy atom. The molecule has 20 heavy (non-hydrogen) atoms. The fourth-order valence-corrected chi connectivity index (χ4v) is 2.92. The van der Waals surface area contributed by atoms with Gasteiger partial charge in [-0.3, -0.25) is 9.59 Å². The molecule has 2 amide bonds. The van der Waals surface area contributed by atoms with Gasteiger partial charge >= 0.3 is 0 Å². The van der Waals surface area contributed by atoms with Gasteiger partial charge in [0.2, 0.25) is 5.91 Å². The molecular formula is C16H18N2O2. The Kier molecular flexibility index (Phi) is 3.16. The molecule has 2 aliphatic carbocycles. The maximum atomic E-state index is 12.0. The lowest BCUT2D eigenvalue weighted by atomic mass is 9.85. The molecule has 4 heteroatoms. The van der Waals surface area contributed by atoms with Gasteiger partial charge in [-0.2, -0.15) is 0 Å². The highest BCUT2D eigenvalue weighted by molar-refractivity contribution is 6.11. The molecule has 0 aromatic carbocycles. The highest BCUT2D eigenvalue weighted by atomic mass is 16.2. The highest BCUT2D eigenvalue weighted by Gasteiger charge is 2.34. The molecule has 3 aliphatic rings. The Labute approximate surface area is 118 Å². The summed E-state index contributed by atoms with van der Waals surface area (Å²) >= 11 is 0. The lowest BCUT2D eigenvalue weighted by Crippen LogP contribution is -2.35. The van der Waals surface area contributed by atoms with Crippen LogP contribution < -0.4 is 5.32 Å². The molecule has 1 atom stereocenters. The Morgan fingerprint density at radius 1 is 1.40 bits per heavy atom. The highest BCUT2D eigenvalue weighted by Crippen LogP contribution is 2.39. The molecule has 0 spiro atoms. The number of nitrogens with one attached hydrogen (secondary N) is 1. The van der Waals surface area contributed by atoms with Gasteiger partial charge in [0, 0.05) is 23.1 Å². The van der Waals surface area contributed by atoms with Crippen molar-refractivity contribution in [2.24, 2.45) is 16.8 Å². The monoisotopic (exact) mass is 270 g/mol. The minimum atomic E-state index is -0.136. The van der Waals surface area contributed by atoms with E-state index in [-0.39, 0.29) is 23.7 Å². The topological polar surface area (TPSA) is 58.5 Å². The molecule has 0 aromatic heterocycles. The molecule has 1 N–H and O–H groups in total. The van der Waals surface area contributed by atoms with Crippen molar-refractivity contribution in [3.63, 3.8) is 0 Å². The van der Waals surface area contributed by atoms with Gasteiger partial charge in [0.05, 0.1) is 5.71 Å². The third kappa shape index (κ3) is 2.15. The van der Waals surface area contributed by atoms with Gasteiger partial charge in [0.25, 0.3) is 5.91 Å². The second kappa shape index (κ2) is 4.85. The van der Waals surface area contributed by atoms with E-state index in [9.17, 15) is 9.59 Å². The quantitative estimate of drug-likeness (QED) is 0.794. The van der Waals surface area contributed by atoms with Crippen LogP contribution in [0.4, 0.5) is 0 Å². The third-order valence-electron chi connectivity index (χ3n) is 4.00. The first kappa shape index (κ1) is 13.0. The summed E-state index contributed by atoms with van der Waals surface area (Å²) in [6.45, 7) is 3.65. The normalized spacial score (nSPS) is 26.6. The van der Waals surface area contributed by atoms with E-state index in [1.165, 1.54) is 5.57 Å². The second-order valence-electron chi connectivity index (χ2n) is 5.78. The number of carbonyl (C=O) groups excluding carboxylic acids is 2. The van der Waals surface area contributed by atoms with Crippen molar-refractivity contribution < 1.29 is 9.59 Å². The number of fused-ring (bicyclic) bond motifs is 2. The summed E-state index contributed by atoms with van der Waals surface area (Å²) < 4.78 is 0. The Bertz CT molecular complexity index is 606. The van der Waals surface area contributed by atoms with Gasteiger partial charge in [0.15, 0.2) is 0 Å². The molecule has 1 unspecified atom stereocenters. The number of carbonyl (C=O) groups is 2. The molecule has 4 nitrogen and oxygen atoms in total. The molecule has 0 bridgehead atoms. The molecule has 104 valence electrons. The van der Waals surface area contributed by atoms with E-state index >= 15 is 0 Å². The fraction of sp³-hybridized carbons (Fsp3) is 0.438. The van der Waals surface area contributed by atoms with Crippen molar-refractivity contribution >= 4 is 17.5 Å². The van der Waals surface area contributed by atoms with Crippen LogP contribution in [-0.4, -0.2) is 17.5 Å². The smallest absolute Gasteiger partial charge is 0.251 e. The molecule has 1 aliphatic heterocycles. The van der Waals surface area contributed by atoms with E-state index < -0.39 is 0 Å². The average molecular weight is 270 g/mol. The number of nitrogens with zero attached hydrogens (tertiary/aromatic N) is 1. The fourth-order valence-electron chi connectivity index (χ4n) is 2.92. The summed E-state index contributed by atoms with van der Waals surface area (Å²) in [5.74, 6) is -0.0666. The summed E-state index contributed by atoms with van der Waals surface area (Å²) in [7, 11) is 0. The van der Waals surface area contributed by atoms with Crippen LogP contribution >= 0.6 is 0 Å². The standard InChI is InChI=1S/C16H18N2O2/c1-9(2)15(19)17-10-6-7-12-11-4-3-5-13(11)16(20)18-14(12)8-10/h6-9,12H,3-5H2,1-2H3,(H,18,20). The van der Waals surface area contributed by atoms with Crippen LogP contribution in [0.3, 0.4) is 0 Å². The molecule has 0 radical (unpaired) electrons. The van der Waals surface area contributed by atoms with Gasteiger partial charge in [-0.25, -0.2) is 4.99 Å². The number of amides is 2. The first-order chi connectivity index (χ1) is 9.56. The third-order valence-corrected chi connectivity index (χ3v) is 4.00. The van der Waals surface area contributed by atoms with Crippen molar-refractivity contribution in [1.29, 1.82) is 0 Å². The van der Waals surface area contributed by atoms with Crippen LogP contribution in [0.1, 0.15) is 33.1 Å². The van der Waals surface area contributed by atoms with Crippen LogP contribution in [0.15, 0.2) is 40.1 Å². The summed E-state index contributed by atoms with van der Waals surface area (Å²) in [6.07, 6.45) is 8.68. The first-order valence-corrected chi connectivity index (χ1v) is 7.12. The predicted molar refractivity (Wildman–Crippen MR) is 77.0 cm³/mol. The molecule has 0 aromatic rings. The van der Waals surface area contributed by atoms with E-state index in [4.69, 9.17) is 0 Å². The van der Waals surface area contributed by atoms with Crippen LogP contribution in [0.2, 0.25) is 0 Å². The SMILES string of the molecule is CC(C)C(=O)N=C1C=CC2C(=C1)NC(=O)C1=C2CCC1. The summed E-state index contributed by atoms with van der Waals surface area (Å²) in [5.41, 5.74) is 3.67. The van der Waals surface area contributed by atoms with Gasteiger partial charge in [0.1, 0.15) is 0 Å². The van der Waals surface area contributed by atoms with Gasteiger partial charge in [-0.1, -0.05) is 19.9 Å². The average Bonchev–Trinajstić information content (AvgIpc) is 2.88. The summed E-state index contributed by atoms with van der Waals surface area (Å²) in [4.78, 5) is 27.8. The first-order valence-electron chi connectivity index (χ1n) is 7.12. The van der Waals surface area contributed by atoms with Crippen molar-refractivity contribution in [3.05, 3.63) is 35.1 Å². The van der Waals surface area contributed by atoms with Gasteiger partial charge < -0.3 is 5.32 Å². The molecule has 0 saturated carbocycles. The lowest BCUT2D eigenvalue weighted by Gasteiger charge is -2.28. The molecule has 0 saturated heterocycles. The zero-order valence-corrected chi connectivity index (χ0v) is 11.8. The Hall–Kier alpha value is -1.97.